The highest BCUT2D eigenvalue weighted by Gasteiger charge is 2.22. The van der Waals surface area contributed by atoms with Crippen LogP contribution in [0.15, 0.2) is 24.3 Å². The fourth-order valence-corrected chi connectivity index (χ4v) is 1.40. The van der Waals surface area contributed by atoms with Gasteiger partial charge < -0.3 is 10.5 Å². The smallest absolute Gasteiger partial charge is 0.123 e. The van der Waals surface area contributed by atoms with E-state index in [4.69, 9.17) is 10.5 Å². The Morgan fingerprint density at radius 2 is 1.88 bits per heavy atom. The molecule has 0 bridgehead atoms. The average molecular weight is 225 g/mol. The molecule has 0 saturated carbocycles. The van der Waals surface area contributed by atoms with Gasteiger partial charge in [0.2, 0.25) is 0 Å². The van der Waals surface area contributed by atoms with E-state index in [0.717, 1.165) is 12.0 Å². The molecule has 2 nitrogen and oxygen atoms in total. The Bertz CT molecular complexity index is 321. The minimum atomic E-state index is -0.241. The van der Waals surface area contributed by atoms with Crippen molar-refractivity contribution in [3.8, 4) is 0 Å². The van der Waals surface area contributed by atoms with Gasteiger partial charge >= 0.3 is 0 Å². The molecule has 0 fully saturated rings. The lowest BCUT2D eigenvalue weighted by atomic mass is 10.0. The predicted octanol–water partition coefficient (Wildman–Crippen LogP) is 3.03. The molecule has 0 amide bonds. The topological polar surface area (TPSA) is 35.2 Å². The van der Waals surface area contributed by atoms with Crippen molar-refractivity contribution in [1.82, 2.24) is 0 Å². The molecule has 1 aromatic rings. The van der Waals surface area contributed by atoms with E-state index in [1.54, 1.807) is 12.1 Å². The monoisotopic (exact) mass is 225 g/mol. The zero-order valence-electron chi connectivity index (χ0n) is 10.2. The van der Waals surface area contributed by atoms with E-state index in [9.17, 15) is 4.39 Å². The summed E-state index contributed by atoms with van der Waals surface area (Å²) in [5.41, 5.74) is 6.40. The maximum Gasteiger partial charge on any atom is 0.123 e. The van der Waals surface area contributed by atoms with Crippen molar-refractivity contribution in [2.24, 2.45) is 5.73 Å². The number of hydrogen-bond acceptors (Lipinski definition) is 2. The molecule has 1 rings (SSSR count). The van der Waals surface area contributed by atoms with Gasteiger partial charge in [0, 0.05) is 6.54 Å². The molecular formula is C13H20FNO. The molecule has 1 unspecified atom stereocenters. The largest absolute Gasteiger partial charge is 0.366 e. The van der Waals surface area contributed by atoms with E-state index in [0.29, 0.717) is 6.54 Å². The third-order valence-electron chi connectivity index (χ3n) is 2.77. The van der Waals surface area contributed by atoms with Gasteiger partial charge in [0.25, 0.3) is 0 Å². The standard InChI is InChI=1S/C13H20FNO/c1-4-13(2,3)16-12(9-15)10-5-7-11(14)8-6-10/h5-8,12H,4,9,15H2,1-3H3. The number of hydrogen-bond donors (Lipinski definition) is 1. The molecule has 2 N–H and O–H groups in total. The molecule has 1 atom stereocenters. The first-order valence-electron chi connectivity index (χ1n) is 5.62. The Labute approximate surface area is 96.6 Å². The van der Waals surface area contributed by atoms with Gasteiger partial charge in [-0.25, -0.2) is 4.39 Å². The maximum atomic E-state index is 12.8. The molecule has 0 aliphatic carbocycles. The Hall–Kier alpha value is -0.930. The van der Waals surface area contributed by atoms with Crippen LogP contribution in [0.1, 0.15) is 38.9 Å². The summed E-state index contributed by atoms with van der Waals surface area (Å²) in [5, 5.41) is 0. The molecule has 0 aromatic heterocycles. The fraction of sp³-hybridized carbons (Fsp3) is 0.538. The second kappa shape index (κ2) is 5.41. The van der Waals surface area contributed by atoms with Crippen molar-refractivity contribution in [3.63, 3.8) is 0 Å². The van der Waals surface area contributed by atoms with Crippen LogP contribution < -0.4 is 5.73 Å². The Morgan fingerprint density at radius 1 is 1.31 bits per heavy atom. The Balaban J connectivity index is 2.78. The molecule has 3 heteroatoms. The van der Waals surface area contributed by atoms with E-state index in [1.165, 1.54) is 12.1 Å². The van der Waals surface area contributed by atoms with E-state index >= 15 is 0 Å². The van der Waals surface area contributed by atoms with Gasteiger partial charge in [0.1, 0.15) is 5.82 Å². The number of benzene rings is 1. The highest BCUT2D eigenvalue weighted by molar-refractivity contribution is 5.19. The van der Waals surface area contributed by atoms with Gasteiger partial charge in [0.05, 0.1) is 11.7 Å². The van der Waals surface area contributed by atoms with Crippen LogP contribution in [0, 0.1) is 5.82 Å². The van der Waals surface area contributed by atoms with Crippen LogP contribution in [-0.2, 0) is 4.74 Å². The molecule has 0 spiro atoms. The van der Waals surface area contributed by atoms with Crippen LogP contribution in [0.3, 0.4) is 0 Å². The van der Waals surface area contributed by atoms with Gasteiger partial charge in [-0.3, -0.25) is 0 Å². The van der Waals surface area contributed by atoms with Crippen molar-refractivity contribution < 1.29 is 9.13 Å². The first-order valence-corrected chi connectivity index (χ1v) is 5.62. The Morgan fingerprint density at radius 3 is 2.31 bits per heavy atom. The van der Waals surface area contributed by atoms with Crippen LogP contribution in [-0.4, -0.2) is 12.1 Å². The van der Waals surface area contributed by atoms with Gasteiger partial charge in [-0.2, -0.15) is 0 Å². The van der Waals surface area contributed by atoms with Gasteiger partial charge in [0.15, 0.2) is 0 Å². The van der Waals surface area contributed by atoms with Crippen LogP contribution in [0.4, 0.5) is 4.39 Å². The van der Waals surface area contributed by atoms with E-state index < -0.39 is 0 Å². The summed E-state index contributed by atoms with van der Waals surface area (Å²) in [6.07, 6.45) is 0.737. The van der Waals surface area contributed by atoms with E-state index in [-0.39, 0.29) is 17.5 Å². The van der Waals surface area contributed by atoms with Crippen LogP contribution in [0.25, 0.3) is 0 Å². The lowest BCUT2D eigenvalue weighted by molar-refractivity contribution is -0.0713. The fourth-order valence-electron chi connectivity index (χ4n) is 1.40. The molecule has 0 saturated heterocycles. The molecule has 16 heavy (non-hydrogen) atoms. The predicted molar refractivity (Wildman–Crippen MR) is 63.7 cm³/mol. The van der Waals surface area contributed by atoms with Gasteiger partial charge in [-0.1, -0.05) is 19.1 Å². The minimum absolute atomic E-state index is 0.171. The lowest BCUT2D eigenvalue weighted by Gasteiger charge is -2.29. The summed E-state index contributed by atoms with van der Waals surface area (Å²) in [7, 11) is 0. The molecule has 0 aliphatic rings. The second-order valence-electron chi connectivity index (χ2n) is 4.51. The van der Waals surface area contributed by atoms with Crippen molar-refractivity contribution in [3.05, 3.63) is 35.6 Å². The number of ether oxygens (including phenoxy) is 1. The summed E-state index contributed by atoms with van der Waals surface area (Å²) in [5.74, 6) is -0.241. The van der Waals surface area contributed by atoms with Gasteiger partial charge in [-0.05, 0) is 38.0 Å². The molecule has 0 heterocycles. The van der Waals surface area contributed by atoms with Gasteiger partial charge in [-0.15, -0.1) is 0 Å². The molecule has 90 valence electrons. The number of halogens is 1. The molecule has 0 aliphatic heterocycles. The minimum Gasteiger partial charge on any atom is -0.366 e. The Kier molecular flexibility index (Phi) is 4.44. The van der Waals surface area contributed by atoms with E-state index in [2.05, 4.69) is 6.92 Å². The molecular weight excluding hydrogens is 205 g/mol. The molecule has 1 aromatic carbocycles. The normalized spacial score (nSPS) is 13.8. The zero-order chi connectivity index (χ0) is 12.2. The van der Waals surface area contributed by atoms with Crippen molar-refractivity contribution in [2.45, 2.75) is 38.9 Å². The third kappa shape index (κ3) is 3.58. The summed E-state index contributed by atoms with van der Waals surface area (Å²) in [4.78, 5) is 0. The first kappa shape index (κ1) is 13.1. The summed E-state index contributed by atoms with van der Waals surface area (Å²) < 4.78 is 18.7. The SMILES string of the molecule is CCC(C)(C)OC(CN)c1ccc(F)cc1. The summed E-state index contributed by atoms with van der Waals surface area (Å²) >= 11 is 0. The van der Waals surface area contributed by atoms with Crippen molar-refractivity contribution >= 4 is 0 Å². The van der Waals surface area contributed by atoms with Crippen molar-refractivity contribution in [2.75, 3.05) is 6.54 Å². The highest BCUT2D eigenvalue weighted by atomic mass is 19.1. The first-order chi connectivity index (χ1) is 7.48. The zero-order valence-corrected chi connectivity index (χ0v) is 10.2. The average Bonchev–Trinajstić information content (AvgIpc) is 2.27. The quantitative estimate of drug-likeness (QED) is 0.836. The second-order valence-corrected chi connectivity index (χ2v) is 4.51. The molecule has 0 radical (unpaired) electrons. The summed E-state index contributed by atoms with van der Waals surface area (Å²) in [6.45, 7) is 6.52. The van der Waals surface area contributed by atoms with Crippen LogP contribution in [0.2, 0.25) is 0 Å². The lowest BCUT2D eigenvalue weighted by Crippen LogP contribution is -2.29. The van der Waals surface area contributed by atoms with Crippen LogP contribution >= 0.6 is 0 Å². The maximum absolute atomic E-state index is 12.8. The van der Waals surface area contributed by atoms with Crippen molar-refractivity contribution in [1.29, 1.82) is 0 Å². The highest BCUT2D eigenvalue weighted by Crippen LogP contribution is 2.25. The van der Waals surface area contributed by atoms with E-state index in [1.807, 2.05) is 13.8 Å². The summed E-state index contributed by atoms with van der Waals surface area (Å²) in [6, 6.07) is 6.30. The number of rotatable bonds is 5. The third-order valence-corrected chi connectivity index (χ3v) is 2.77. The van der Waals surface area contributed by atoms with Crippen LogP contribution in [0.5, 0.6) is 0 Å². The number of nitrogens with two attached hydrogens (primary N) is 1.